The van der Waals surface area contributed by atoms with E-state index in [1.54, 1.807) is 35.2 Å². The fourth-order valence-electron chi connectivity index (χ4n) is 1.68. The first-order valence-electron chi connectivity index (χ1n) is 5.45. The van der Waals surface area contributed by atoms with Gasteiger partial charge in [0.25, 0.3) is 5.89 Å². The molecule has 0 fully saturated rings. The highest BCUT2D eigenvalue weighted by Gasteiger charge is 2.16. The highest BCUT2D eigenvalue weighted by Crippen LogP contribution is 2.31. The lowest BCUT2D eigenvalue weighted by Gasteiger charge is -1.99. The number of hydrogen-bond acceptors (Lipinski definition) is 5. The number of aromatic nitrogens is 4. The van der Waals surface area contributed by atoms with Gasteiger partial charge >= 0.3 is 0 Å². The van der Waals surface area contributed by atoms with Crippen molar-refractivity contribution in [3.05, 3.63) is 35.1 Å². The summed E-state index contributed by atoms with van der Waals surface area (Å²) >= 11 is 3.33. The molecule has 0 saturated heterocycles. The van der Waals surface area contributed by atoms with Crippen LogP contribution in [0.4, 0.5) is 0 Å². The van der Waals surface area contributed by atoms with Crippen molar-refractivity contribution < 1.29 is 9.63 Å². The summed E-state index contributed by atoms with van der Waals surface area (Å²) in [4.78, 5) is 8.38. The SMILES string of the molecule is Cn1ccnc1-c1noc(-c2cc(Br)ccc2O)n1. The predicted molar refractivity (Wildman–Crippen MR) is 71.3 cm³/mol. The highest BCUT2D eigenvalue weighted by molar-refractivity contribution is 9.10. The maximum atomic E-state index is 9.81. The first-order chi connectivity index (χ1) is 9.15. The molecule has 7 heteroatoms. The largest absolute Gasteiger partial charge is 0.507 e. The van der Waals surface area contributed by atoms with E-state index >= 15 is 0 Å². The molecule has 0 unspecified atom stereocenters. The van der Waals surface area contributed by atoms with Crippen molar-refractivity contribution >= 4 is 15.9 Å². The second-order valence-corrected chi connectivity index (χ2v) is 4.86. The summed E-state index contributed by atoms with van der Waals surface area (Å²) in [7, 11) is 1.84. The Hall–Kier alpha value is -2.15. The summed E-state index contributed by atoms with van der Waals surface area (Å²) in [6, 6.07) is 5.00. The predicted octanol–water partition coefficient (Wildman–Crippen LogP) is 2.61. The number of aryl methyl sites for hydroxylation is 1. The fourth-order valence-corrected chi connectivity index (χ4v) is 2.05. The van der Waals surface area contributed by atoms with E-state index in [0.717, 1.165) is 4.47 Å². The minimum atomic E-state index is 0.0817. The van der Waals surface area contributed by atoms with Crippen molar-refractivity contribution in [3.8, 4) is 28.9 Å². The molecule has 0 radical (unpaired) electrons. The number of phenols is 1. The molecule has 0 amide bonds. The standard InChI is InChI=1S/C12H9BrN4O2/c1-17-5-4-14-11(17)10-15-12(19-16-10)8-6-7(13)2-3-9(8)18/h2-6,18H,1H3. The molecule has 0 aliphatic rings. The Morgan fingerprint density at radius 3 is 2.95 bits per heavy atom. The molecule has 2 aromatic heterocycles. The van der Waals surface area contributed by atoms with Crippen molar-refractivity contribution in [1.29, 1.82) is 0 Å². The normalized spacial score (nSPS) is 10.8. The molecule has 1 aromatic carbocycles. The minimum Gasteiger partial charge on any atom is -0.507 e. The van der Waals surface area contributed by atoms with Crippen LogP contribution in [0.25, 0.3) is 23.1 Å². The third-order valence-corrected chi connectivity index (χ3v) is 3.13. The van der Waals surface area contributed by atoms with Crippen LogP contribution in [0.2, 0.25) is 0 Å². The second-order valence-electron chi connectivity index (χ2n) is 3.95. The molecular formula is C12H9BrN4O2. The fraction of sp³-hybridized carbons (Fsp3) is 0.0833. The summed E-state index contributed by atoms with van der Waals surface area (Å²) in [6.45, 7) is 0. The number of rotatable bonds is 2. The first-order valence-corrected chi connectivity index (χ1v) is 6.25. The summed E-state index contributed by atoms with van der Waals surface area (Å²) in [6.07, 6.45) is 3.45. The van der Waals surface area contributed by atoms with Crippen LogP contribution in [0.3, 0.4) is 0 Å². The first kappa shape index (κ1) is 11.9. The van der Waals surface area contributed by atoms with Gasteiger partial charge in [-0.3, -0.25) is 0 Å². The number of aromatic hydroxyl groups is 1. The van der Waals surface area contributed by atoms with Crippen molar-refractivity contribution in [3.63, 3.8) is 0 Å². The quantitative estimate of drug-likeness (QED) is 0.785. The maximum Gasteiger partial charge on any atom is 0.262 e. The van der Waals surface area contributed by atoms with E-state index in [1.165, 1.54) is 0 Å². The van der Waals surface area contributed by atoms with Gasteiger partial charge in [0, 0.05) is 23.9 Å². The van der Waals surface area contributed by atoms with Gasteiger partial charge in [0.1, 0.15) is 5.75 Å². The van der Waals surface area contributed by atoms with E-state index in [2.05, 4.69) is 31.1 Å². The maximum absolute atomic E-state index is 9.81. The van der Waals surface area contributed by atoms with Gasteiger partial charge in [0.2, 0.25) is 5.82 Å². The highest BCUT2D eigenvalue weighted by atomic mass is 79.9. The van der Waals surface area contributed by atoms with Crippen molar-refractivity contribution in [2.24, 2.45) is 7.05 Å². The van der Waals surface area contributed by atoms with Crippen LogP contribution in [-0.2, 0) is 7.05 Å². The zero-order valence-corrected chi connectivity index (χ0v) is 11.5. The van der Waals surface area contributed by atoms with E-state index in [4.69, 9.17) is 4.52 Å². The minimum absolute atomic E-state index is 0.0817. The molecule has 0 aliphatic heterocycles. The third-order valence-electron chi connectivity index (χ3n) is 2.64. The Labute approximate surface area is 116 Å². The molecule has 0 bridgehead atoms. The molecule has 0 spiro atoms. The Morgan fingerprint density at radius 2 is 2.21 bits per heavy atom. The topological polar surface area (TPSA) is 77.0 Å². The van der Waals surface area contributed by atoms with Crippen molar-refractivity contribution in [2.75, 3.05) is 0 Å². The van der Waals surface area contributed by atoms with Gasteiger partial charge in [0.15, 0.2) is 5.82 Å². The Kier molecular flexibility index (Phi) is 2.83. The number of halogens is 1. The number of nitrogens with zero attached hydrogens (tertiary/aromatic N) is 4. The molecule has 1 N–H and O–H groups in total. The number of benzene rings is 1. The summed E-state index contributed by atoms with van der Waals surface area (Å²) in [5.41, 5.74) is 0.474. The Bertz CT molecular complexity index is 735. The molecule has 3 aromatic rings. The van der Waals surface area contributed by atoms with Crippen molar-refractivity contribution in [1.82, 2.24) is 19.7 Å². The Balaban J connectivity index is 2.06. The van der Waals surface area contributed by atoms with Crippen LogP contribution in [0, 0.1) is 0 Å². The van der Waals surface area contributed by atoms with Crippen LogP contribution in [0.1, 0.15) is 0 Å². The smallest absolute Gasteiger partial charge is 0.262 e. The zero-order chi connectivity index (χ0) is 13.4. The summed E-state index contributed by atoms with van der Waals surface area (Å²) in [5, 5.41) is 13.7. The van der Waals surface area contributed by atoms with Gasteiger partial charge in [-0.05, 0) is 18.2 Å². The lowest BCUT2D eigenvalue weighted by molar-refractivity contribution is 0.425. The van der Waals surface area contributed by atoms with E-state index in [0.29, 0.717) is 17.2 Å². The molecule has 0 saturated carbocycles. The molecule has 3 rings (SSSR count). The monoisotopic (exact) mass is 320 g/mol. The van der Waals surface area contributed by atoms with Gasteiger partial charge in [-0.15, -0.1) is 0 Å². The summed E-state index contributed by atoms with van der Waals surface area (Å²) < 4.78 is 7.77. The molecular weight excluding hydrogens is 312 g/mol. The molecule has 0 atom stereocenters. The van der Waals surface area contributed by atoms with E-state index in [9.17, 15) is 5.11 Å². The average Bonchev–Trinajstić information content (AvgIpc) is 3.00. The van der Waals surface area contributed by atoms with Crippen LogP contribution >= 0.6 is 15.9 Å². The lowest BCUT2D eigenvalue weighted by Crippen LogP contribution is -1.92. The van der Waals surface area contributed by atoms with Gasteiger partial charge in [0.05, 0.1) is 5.56 Å². The van der Waals surface area contributed by atoms with Crippen LogP contribution in [0.5, 0.6) is 5.75 Å². The second kappa shape index (κ2) is 4.51. The molecule has 96 valence electrons. The third kappa shape index (κ3) is 2.12. The number of imidazole rings is 1. The number of phenolic OH excluding ortho intramolecular Hbond substituents is 1. The van der Waals surface area contributed by atoms with E-state index in [-0.39, 0.29) is 11.6 Å². The molecule has 19 heavy (non-hydrogen) atoms. The van der Waals surface area contributed by atoms with Crippen LogP contribution < -0.4 is 0 Å². The lowest BCUT2D eigenvalue weighted by atomic mass is 10.2. The van der Waals surface area contributed by atoms with Gasteiger partial charge in [-0.1, -0.05) is 21.1 Å². The van der Waals surface area contributed by atoms with E-state index < -0.39 is 0 Å². The summed E-state index contributed by atoms with van der Waals surface area (Å²) in [5.74, 6) is 1.31. The molecule has 2 heterocycles. The zero-order valence-electron chi connectivity index (χ0n) is 9.91. The van der Waals surface area contributed by atoms with Gasteiger partial charge < -0.3 is 14.2 Å². The van der Waals surface area contributed by atoms with Crippen LogP contribution in [-0.4, -0.2) is 24.8 Å². The van der Waals surface area contributed by atoms with Gasteiger partial charge in [-0.25, -0.2) is 4.98 Å². The molecule has 0 aliphatic carbocycles. The number of hydrogen-bond donors (Lipinski definition) is 1. The average molecular weight is 321 g/mol. The van der Waals surface area contributed by atoms with E-state index in [1.807, 2.05) is 7.05 Å². The van der Waals surface area contributed by atoms with Gasteiger partial charge in [-0.2, -0.15) is 4.98 Å². The van der Waals surface area contributed by atoms with Crippen LogP contribution in [0.15, 0.2) is 39.6 Å². The molecule has 6 nitrogen and oxygen atoms in total. The van der Waals surface area contributed by atoms with Crippen molar-refractivity contribution in [2.45, 2.75) is 0 Å². The Morgan fingerprint density at radius 1 is 1.37 bits per heavy atom.